The third-order valence-corrected chi connectivity index (χ3v) is 4.27. The van der Waals surface area contributed by atoms with Crippen molar-refractivity contribution >= 4 is 29.2 Å². The lowest BCUT2D eigenvalue weighted by atomic mass is 9.71. The quantitative estimate of drug-likeness (QED) is 0.887. The molecular weight excluding hydrogens is 297 g/mol. The highest BCUT2D eigenvalue weighted by atomic mass is 35.5. The van der Waals surface area contributed by atoms with Crippen LogP contribution in [0.1, 0.15) is 38.5 Å². The van der Waals surface area contributed by atoms with E-state index in [9.17, 15) is 19.1 Å². The number of anilines is 1. The highest BCUT2D eigenvalue weighted by molar-refractivity contribution is 6.30. The van der Waals surface area contributed by atoms with Gasteiger partial charge in [0.2, 0.25) is 5.91 Å². The summed E-state index contributed by atoms with van der Waals surface area (Å²) in [5.41, 5.74) is -0.717. The minimum atomic E-state index is -0.993. The lowest BCUT2D eigenvalue weighted by molar-refractivity contribution is -0.153. The van der Waals surface area contributed by atoms with Crippen molar-refractivity contribution in [2.45, 2.75) is 38.5 Å². The molecular formula is C15H17ClFNO3. The number of benzene rings is 1. The molecule has 1 fully saturated rings. The summed E-state index contributed by atoms with van der Waals surface area (Å²) in [6, 6.07) is 3.95. The van der Waals surface area contributed by atoms with Crippen molar-refractivity contribution in [3.63, 3.8) is 0 Å². The largest absolute Gasteiger partial charge is 0.481 e. The molecule has 1 aromatic carbocycles. The summed E-state index contributed by atoms with van der Waals surface area (Å²) < 4.78 is 13.3. The number of amides is 1. The highest BCUT2D eigenvalue weighted by Gasteiger charge is 2.41. The number of hydrogen-bond acceptors (Lipinski definition) is 2. The normalized spacial score (nSPS) is 17.2. The molecule has 0 bridgehead atoms. The van der Waals surface area contributed by atoms with E-state index in [1.807, 2.05) is 0 Å². The molecule has 1 aliphatic carbocycles. The molecule has 0 heterocycles. The van der Waals surface area contributed by atoms with Crippen molar-refractivity contribution in [1.82, 2.24) is 0 Å². The summed E-state index contributed by atoms with van der Waals surface area (Å²) >= 11 is 5.57. The molecule has 0 atom stereocenters. The molecule has 2 rings (SSSR count). The van der Waals surface area contributed by atoms with Gasteiger partial charge in [-0.1, -0.05) is 30.9 Å². The Kier molecular flexibility index (Phi) is 4.83. The minimum Gasteiger partial charge on any atom is -0.481 e. The van der Waals surface area contributed by atoms with Crippen molar-refractivity contribution in [3.8, 4) is 0 Å². The topological polar surface area (TPSA) is 66.4 Å². The maximum atomic E-state index is 13.3. The molecule has 1 aliphatic rings. The maximum Gasteiger partial charge on any atom is 0.310 e. The zero-order chi connectivity index (χ0) is 15.5. The molecule has 4 nitrogen and oxygen atoms in total. The average molecular weight is 314 g/mol. The number of carboxylic acid groups (broad SMARTS) is 1. The molecule has 0 aliphatic heterocycles. The van der Waals surface area contributed by atoms with E-state index in [1.54, 1.807) is 0 Å². The van der Waals surface area contributed by atoms with Crippen LogP contribution in [-0.2, 0) is 9.59 Å². The van der Waals surface area contributed by atoms with Crippen molar-refractivity contribution in [2.75, 3.05) is 5.32 Å². The fourth-order valence-corrected chi connectivity index (χ4v) is 2.90. The molecule has 1 saturated carbocycles. The lowest BCUT2D eigenvalue weighted by Crippen LogP contribution is -2.37. The van der Waals surface area contributed by atoms with Crippen LogP contribution in [-0.4, -0.2) is 17.0 Å². The molecule has 1 amide bonds. The number of nitrogens with one attached hydrogen (secondary N) is 1. The van der Waals surface area contributed by atoms with E-state index in [1.165, 1.54) is 12.1 Å². The summed E-state index contributed by atoms with van der Waals surface area (Å²) in [6.07, 6.45) is 3.55. The van der Waals surface area contributed by atoms with E-state index < -0.39 is 23.1 Å². The van der Waals surface area contributed by atoms with Crippen LogP contribution >= 0.6 is 11.6 Å². The summed E-state index contributed by atoms with van der Waals surface area (Å²) in [5.74, 6) is -1.97. The summed E-state index contributed by atoms with van der Waals surface area (Å²) in [7, 11) is 0. The van der Waals surface area contributed by atoms with Gasteiger partial charge in [-0.05, 0) is 31.0 Å². The molecule has 1 aromatic rings. The van der Waals surface area contributed by atoms with Crippen LogP contribution in [0.5, 0.6) is 0 Å². The van der Waals surface area contributed by atoms with Crippen LogP contribution in [0.2, 0.25) is 5.02 Å². The molecule has 0 saturated heterocycles. The number of rotatable bonds is 4. The van der Waals surface area contributed by atoms with Crippen molar-refractivity contribution < 1.29 is 19.1 Å². The Hall–Kier alpha value is -1.62. The van der Waals surface area contributed by atoms with Crippen LogP contribution in [0, 0.1) is 11.2 Å². The molecule has 114 valence electrons. The smallest absolute Gasteiger partial charge is 0.310 e. The Labute approximate surface area is 127 Å². The molecule has 0 aromatic heterocycles. The highest BCUT2D eigenvalue weighted by Crippen LogP contribution is 2.39. The average Bonchev–Trinajstić information content (AvgIpc) is 2.43. The first-order chi connectivity index (χ1) is 9.93. The van der Waals surface area contributed by atoms with Crippen LogP contribution in [0.15, 0.2) is 18.2 Å². The van der Waals surface area contributed by atoms with Crippen molar-refractivity contribution in [2.24, 2.45) is 5.41 Å². The van der Waals surface area contributed by atoms with Gasteiger partial charge in [0.1, 0.15) is 5.82 Å². The predicted octanol–water partition coefficient (Wildman–Crippen LogP) is 3.84. The van der Waals surface area contributed by atoms with Crippen molar-refractivity contribution in [1.29, 1.82) is 0 Å². The van der Waals surface area contributed by atoms with Gasteiger partial charge >= 0.3 is 5.97 Å². The Morgan fingerprint density at radius 2 is 1.95 bits per heavy atom. The van der Waals surface area contributed by atoms with E-state index >= 15 is 0 Å². The number of carbonyl (C=O) groups excluding carboxylic acids is 1. The number of aliphatic carboxylic acids is 1. The molecule has 0 unspecified atom stereocenters. The van der Waals surface area contributed by atoms with Crippen LogP contribution < -0.4 is 5.32 Å². The Morgan fingerprint density at radius 3 is 2.52 bits per heavy atom. The molecule has 0 spiro atoms. The van der Waals surface area contributed by atoms with E-state index in [-0.39, 0.29) is 17.1 Å². The molecule has 21 heavy (non-hydrogen) atoms. The van der Waals surface area contributed by atoms with Gasteiger partial charge in [-0.3, -0.25) is 9.59 Å². The van der Waals surface area contributed by atoms with Crippen LogP contribution in [0.25, 0.3) is 0 Å². The van der Waals surface area contributed by atoms with E-state index in [0.717, 1.165) is 25.3 Å². The SMILES string of the molecule is O=C(CC1(C(=O)O)CCCCC1)Nc1ccc(Cl)c(F)c1. The number of carbonyl (C=O) groups is 2. The minimum absolute atomic E-state index is 0.0257. The fourth-order valence-electron chi connectivity index (χ4n) is 2.78. The monoisotopic (exact) mass is 313 g/mol. The standard InChI is InChI=1S/C15H17ClFNO3/c16-11-5-4-10(8-12(11)17)18-13(19)9-15(14(20)21)6-2-1-3-7-15/h4-5,8H,1-3,6-7,9H2,(H,18,19)(H,20,21). The van der Waals surface area contributed by atoms with Gasteiger partial charge in [-0.25, -0.2) is 4.39 Å². The first-order valence-corrected chi connectivity index (χ1v) is 7.29. The van der Waals surface area contributed by atoms with Gasteiger partial charge in [0.25, 0.3) is 0 Å². The van der Waals surface area contributed by atoms with Gasteiger partial charge in [0, 0.05) is 12.1 Å². The van der Waals surface area contributed by atoms with Gasteiger partial charge < -0.3 is 10.4 Å². The first-order valence-electron chi connectivity index (χ1n) is 6.91. The van der Waals surface area contributed by atoms with Crippen LogP contribution in [0.3, 0.4) is 0 Å². The van der Waals surface area contributed by atoms with Crippen LogP contribution in [0.4, 0.5) is 10.1 Å². The fraction of sp³-hybridized carbons (Fsp3) is 0.467. The Balaban J connectivity index is 2.05. The van der Waals surface area contributed by atoms with Gasteiger partial charge in [0.15, 0.2) is 0 Å². The second-order valence-electron chi connectivity index (χ2n) is 5.50. The Morgan fingerprint density at radius 1 is 1.29 bits per heavy atom. The van der Waals surface area contributed by atoms with E-state index in [2.05, 4.69) is 5.32 Å². The molecule has 2 N–H and O–H groups in total. The summed E-state index contributed by atoms with van der Waals surface area (Å²) in [4.78, 5) is 23.6. The lowest BCUT2D eigenvalue weighted by Gasteiger charge is -2.32. The number of halogens is 2. The zero-order valence-electron chi connectivity index (χ0n) is 11.5. The number of carboxylic acids is 1. The zero-order valence-corrected chi connectivity index (χ0v) is 12.3. The molecule has 0 radical (unpaired) electrons. The predicted molar refractivity (Wildman–Crippen MR) is 77.8 cm³/mol. The third kappa shape index (κ3) is 3.73. The maximum absolute atomic E-state index is 13.3. The van der Waals surface area contributed by atoms with E-state index in [4.69, 9.17) is 11.6 Å². The first kappa shape index (κ1) is 15.8. The second-order valence-corrected chi connectivity index (χ2v) is 5.91. The summed E-state index contributed by atoms with van der Waals surface area (Å²) in [5, 5.41) is 11.9. The van der Waals surface area contributed by atoms with Gasteiger partial charge in [-0.15, -0.1) is 0 Å². The molecule has 6 heteroatoms. The second kappa shape index (κ2) is 6.43. The van der Waals surface area contributed by atoms with Gasteiger partial charge in [-0.2, -0.15) is 0 Å². The van der Waals surface area contributed by atoms with E-state index in [0.29, 0.717) is 12.8 Å². The van der Waals surface area contributed by atoms with Crippen molar-refractivity contribution in [3.05, 3.63) is 29.0 Å². The number of hydrogen-bond donors (Lipinski definition) is 2. The summed E-state index contributed by atoms with van der Waals surface area (Å²) in [6.45, 7) is 0. The van der Waals surface area contributed by atoms with Gasteiger partial charge in [0.05, 0.1) is 10.4 Å². The Bertz CT molecular complexity index is 556. The third-order valence-electron chi connectivity index (χ3n) is 3.97.